The standard InChI is InChI=1S/C21H24N4O3/c1-3-5-12-25-19(27)11-10-16(24-25)21(28)22-17-13-14-8-6-7-9-15(14)20(17)23-18(26)4-2/h4,6-11,17,20H,2-3,5,12-13H2,1H3,(H,22,28)(H,23,26)/t17-,20-/m1/s1. The fourth-order valence-corrected chi connectivity index (χ4v) is 3.40. The molecule has 0 radical (unpaired) electrons. The van der Waals surface area contributed by atoms with E-state index in [1.54, 1.807) is 0 Å². The van der Waals surface area contributed by atoms with E-state index in [-0.39, 0.29) is 35.2 Å². The minimum Gasteiger partial charge on any atom is -0.345 e. The molecule has 0 saturated heterocycles. The van der Waals surface area contributed by atoms with Crippen LogP contribution in [0.25, 0.3) is 0 Å². The third-order valence-corrected chi connectivity index (χ3v) is 4.85. The average Bonchev–Trinajstić information content (AvgIpc) is 3.04. The van der Waals surface area contributed by atoms with Crippen molar-refractivity contribution in [3.05, 3.63) is 76.2 Å². The predicted octanol–water partition coefficient (Wildman–Crippen LogP) is 1.74. The van der Waals surface area contributed by atoms with E-state index < -0.39 is 0 Å². The lowest BCUT2D eigenvalue weighted by molar-refractivity contribution is -0.117. The molecule has 1 heterocycles. The monoisotopic (exact) mass is 380 g/mol. The molecule has 0 unspecified atom stereocenters. The van der Waals surface area contributed by atoms with Crippen molar-refractivity contribution in [1.29, 1.82) is 0 Å². The van der Waals surface area contributed by atoms with Crippen molar-refractivity contribution in [2.45, 2.75) is 44.8 Å². The Kier molecular flexibility index (Phi) is 6.03. The maximum Gasteiger partial charge on any atom is 0.272 e. The Morgan fingerprint density at radius 1 is 1.25 bits per heavy atom. The summed E-state index contributed by atoms with van der Waals surface area (Å²) in [5.41, 5.74) is 2.00. The number of benzene rings is 1. The summed E-state index contributed by atoms with van der Waals surface area (Å²) >= 11 is 0. The van der Waals surface area contributed by atoms with Gasteiger partial charge in [-0.2, -0.15) is 5.10 Å². The first-order chi connectivity index (χ1) is 13.5. The van der Waals surface area contributed by atoms with E-state index in [9.17, 15) is 14.4 Å². The van der Waals surface area contributed by atoms with Gasteiger partial charge in [-0.15, -0.1) is 0 Å². The molecule has 1 aliphatic carbocycles. The molecule has 0 aliphatic heterocycles. The molecular formula is C21H24N4O3. The second-order valence-electron chi connectivity index (χ2n) is 6.81. The minimum atomic E-state index is -0.374. The Balaban J connectivity index is 1.80. The first-order valence-corrected chi connectivity index (χ1v) is 9.43. The Hall–Kier alpha value is -3.22. The van der Waals surface area contributed by atoms with Gasteiger partial charge in [0.1, 0.15) is 5.69 Å². The number of aromatic nitrogens is 2. The smallest absolute Gasteiger partial charge is 0.272 e. The number of carbonyl (C=O) groups is 2. The van der Waals surface area contributed by atoms with Gasteiger partial charge in [-0.1, -0.05) is 44.2 Å². The number of fused-ring (bicyclic) bond motifs is 1. The fourth-order valence-electron chi connectivity index (χ4n) is 3.40. The van der Waals surface area contributed by atoms with Crippen LogP contribution in [0.15, 0.2) is 53.8 Å². The van der Waals surface area contributed by atoms with Crippen LogP contribution in [0.3, 0.4) is 0 Å². The summed E-state index contributed by atoms with van der Waals surface area (Å²) in [6.45, 7) is 5.99. The molecule has 7 heteroatoms. The highest BCUT2D eigenvalue weighted by Gasteiger charge is 2.34. The quantitative estimate of drug-likeness (QED) is 0.716. The Morgan fingerprint density at radius 3 is 2.79 bits per heavy atom. The summed E-state index contributed by atoms with van der Waals surface area (Å²) in [5.74, 6) is -0.673. The molecule has 0 bridgehead atoms. The highest BCUT2D eigenvalue weighted by atomic mass is 16.2. The van der Waals surface area contributed by atoms with E-state index in [1.807, 2.05) is 31.2 Å². The molecule has 7 nitrogen and oxygen atoms in total. The van der Waals surface area contributed by atoms with Crippen LogP contribution in [0.5, 0.6) is 0 Å². The molecule has 2 N–H and O–H groups in total. The number of nitrogens with one attached hydrogen (secondary N) is 2. The highest BCUT2D eigenvalue weighted by Crippen LogP contribution is 2.31. The van der Waals surface area contributed by atoms with Crippen molar-refractivity contribution >= 4 is 11.8 Å². The van der Waals surface area contributed by atoms with Crippen LogP contribution in [0.4, 0.5) is 0 Å². The van der Waals surface area contributed by atoms with E-state index in [2.05, 4.69) is 22.3 Å². The third kappa shape index (κ3) is 4.19. The van der Waals surface area contributed by atoms with Gasteiger partial charge in [0, 0.05) is 12.6 Å². The van der Waals surface area contributed by atoms with Crippen LogP contribution >= 0.6 is 0 Å². The molecule has 2 amide bonds. The molecule has 3 rings (SSSR count). The fraction of sp³-hybridized carbons (Fsp3) is 0.333. The van der Waals surface area contributed by atoms with Gasteiger partial charge in [-0.05, 0) is 36.1 Å². The first kappa shape index (κ1) is 19.5. The largest absolute Gasteiger partial charge is 0.345 e. The molecule has 146 valence electrons. The number of hydrogen-bond donors (Lipinski definition) is 2. The molecule has 0 fully saturated rings. The van der Waals surface area contributed by atoms with Crippen molar-refractivity contribution in [2.24, 2.45) is 0 Å². The second kappa shape index (κ2) is 8.65. The zero-order chi connectivity index (χ0) is 20.1. The summed E-state index contributed by atoms with van der Waals surface area (Å²) in [6, 6.07) is 9.89. The summed E-state index contributed by atoms with van der Waals surface area (Å²) in [5, 5.41) is 10.0. The van der Waals surface area contributed by atoms with E-state index in [1.165, 1.54) is 22.9 Å². The normalized spacial score (nSPS) is 17.6. The summed E-state index contributed by atoms with van der Waals surface area (Å²) in [4.78, 5) is 36.5. The Bertz CT molecular complexity index is 951. The third-order valence-electron chi connectivity index (χ3n) is 4.85. The summed E-state index contributed by atoms with van der Waals surface area (Å²) in [7, 11) is 0. The van der Waals surface area contributed by atoms with E-state index >= 15 is 0 Å². The molecule has 28 heavy (non-hydrogen) atoms. The SMILES string of the molecule is C=CC(=O)N[C@@H]1c2ccccc2C[C@H]1NC(=O)c1ccc(=O)n(CCCC)n1. The second-order valence-corrected chi connectivity index (χ2v) is 6.81. The Morgan fingerprint density at radius 2 is 2.04 bits per heavy atom. The van der Waals surface area contributed by atoms with Gasteiger partial charge in [0.25, 0.3) is 11.5 Å². The lowest BCUT2D eigenvalue weighted by Gasteiger charge is -2.22. The van der Waals surface area contributed by atoms with Gasteiger partial charge < -0.3 is 10.6 Å². The maximum atomic E-state index is 12.8. The highest BCUT2D eigenvalue weighted by molar-refractivity contribution is 5.92. The van der Waals surface area contributed by atoms with E-state index in [0.717, 1.165) is 24.0 Å². The van der Waals surface area contributed by atoms with Gasteiger partial charge in [0.15, 0.2) is 0 Å². The van der Waals surface area contributed by atoms with E-state index in [4.69, 9.17) is 0 Å². The maximum absolute atomic E-state index is 12.8. The van der Waals surface area contributed by atoms with Crippen molar-refractivity contribution in [3.8, 4) is 0 Å². The van der Waals surface area contributed by atoms with Crippen LogP contribution in [0, 0.1) is 0 Å². The van der Waals surface area contributed by atoms with Gasteiger partial charge >= 0.3 is 0 Å². The molecule has 2 aromatic rings. The minimum absolute atomic E-state index is 0.181. The zero-order valence-corrected chi connectivity index (χ0v) is 15.9. The number of amides is 2. The lowest BCUT2D eigenvalue weighted by atomic mass is 10.1. The number of rotatable bonds is 7. The van der Waals surface area contributed by atoms with Gasteiger partial charge in [-0.25, -0.2) is 4.68 Å². The molecule has 0 spiro atoms. The number of nitrogens with zero attached hydrogens (tertiary/aromatic N) is 2. The number of carbonyl (C=O) groups excluding carboxylic acids is 2. The van der Waals surface area contributed by atoms with Gasteiger partial charge in [-0.3, -0.25) is 14.4 Å². The zero-order valence-electron chi connectivity index (χ0n) is 15.9. The number of unbranched alkanes of at least 4 members (excludes halogenated alkanes) is 1. The van der Waals surface area contributed by atoms with Crippen molar-refractivity contribution in [3.63, 3.8) is 0 Å². The van der Waals surface area contributed by atoms with Crippen molar-refractivity contribution < 1.29 is 9.59 Å². The topological polar surface area (TPSA) is 93.1 Å². The van der Waals surface area contributed by atoms with Gasteiger partial charge in [0.2, 0.25) is 5.91 Å². The molecular weight excluding hydrogens is 356 g/mol. The van der Waals surface area contributed by atoms with Crippen LogP contribution < -0.4 is 16.2 Å². The molecule has 1 aromatic heterocycles. The van der Waals surface area contributed by atoms with Crippen molar-refractivity contribution in [2.75, 3.05) is 0 Å². The van der Waals surface area contributed by atoms with Crippen LogP contribution in [-0.2, 0) is 17.8 Å². The first-order valence-electron chi connectivity index (χ1n) is 9.43. The molecule has 1 aliphatic rings. The van der Waals surface area contributed by atoms with Crippen LogP contribution in [-0.4, -0.2) is 27.6 Å². The Labute approximate surface area is 163 Å². The average molecular weight is 380 g/mol. The summed E-state index contributed by atoms with van der Waals surface area (Å²) < 4.78 is 1.32. The molecule has 2 atom stereocenters. The van der Waals surface area contributed by atoms with Gasteiger partial charge in [0.05, 0.1) is 12.1 Å². The lowest BCUT2D eigenvalue weighted by Crippen LogP contribution is -2.44. The van der Waals surface area contributed by atoms with E-state index in [0.29, 0.717) is 13.0 Å². The van der Waals surface area contributed by atoms with Crippen LogP contribution in [0.1, 0.15) is 47.4 Å². The predicted molar refractivity (Wildman–Crippen MR) is 106 cm³/mol. The summed E-state index contributed by atoms with van der Waals surface area (Å²) in [6.07, 6.45) is 3.55. The van der Waals surface area contributed by atoms with Crippen molar-refractivity contribution in [1.82, 2.24) is 20.4 Å². The molecule has 1 aromatic carbocycles. The van der Waals surface area contributed by atoms with Crippen LogP contribution in [0.2, 0.25) is 0 Å². The number of hydrogen-bond acceptors (Lipinski definition) is 4. The molecule has 0 saturated carbocycles. The number of aryl methyl sites for hydroxylation is 1.